The Balaban J connectivity index is 2.12. The number of nitrogens with zero attached hydrogens (tertiary/aromatic N) is 1. The second-order valence-corrected chi connectivity index (χ2v) is 4.67. The van der Waals surface area contributed by atoms with E-state index in [2.05, 4.69) is 0 Å². The summed E-state index contributed by atoms with van der Waals surface area (Å²) in [4.78, 5) is 11.9. The highest BCUT2D eigenvalue weighted by Gasteiger charge is 2.09. The molecule has 0 amide bonds. The van der Waals surface area contributed by atoms with Gasteiger partial charge in [0, 0.05) is 5.69 Å². The quantitative estimate of drug-likeness (QED) is 0.715. The minimum absolute atomic E-state index is 0.344. The van der Waals surface area contributed by atoms with Crippen molar-refractivity contribution in [3.8, 4) is 0 Å². The average Bonchev–Trinajstić information content (AvgIpc) is 2.66. The summed E-state index contributed by atoms with van der Waals surface area (Å²) in [7, 11) is 0. The molecule has 3 aromatic rings. The van der Waals surface area contributed by atoms with Crippen molar-refractivity contribution in [2.75, 3.05) is 5.73 Å². The molecule has 0 saturated carbocycles. The summed E-state index contributed by atoms with van der Waals surface area (Å²) in [6, 6.07) is 13.2. The fourth-order valence-electron chi connectivity index (χ4n) is 2.20. The molecule has 19 heavy (non-hydrogen) atoms. The van der Waals surface area contributed by atoms with Crippen LogP contribution in [0.25, 0.3) is 11.1 Å². The number of rotatable bonds is 2. The minimum atomic E-state index is -0.344. The molecule has 0 radical (unpaired) electrons. The van der Waals surface area contributed by atoms with E-state index in [1.54, 1.807) is 4.57 Å². The molecule has 96 valence electrons. The zero-order chi connectivity index (χ0) is 13.4. The lowest BCUT2D eigenvalue weighted by Gasteiger charge is -2.04. The number of hydrogen-bond acceptors (Lipinski definition) is 3. The molecule has 0 bridgehead atoms. The Kier molecular flexibility index (Phi) is 2.63. The molecule has 0 aliphatic carbocycles. The van der Waals surface area contributed by atoms with Gasteiger partial charge in [-0.25, -0.2) is 4.79 Å². The number of oxazole rings is 1. The third kappa shape index (κ3) is 2.12. The number of fused-ring (bicyclic) bond motifs is 1. The van der Waals surface area contributed by atoms with Crippen LogP contribution in [-0.2, 0) is 6.54 Å². The standard InChI is InChI=1S/C15H14N2O2/c1-10-5-6-14-13(7-10)17(15(18)19-14)9-11-3-2-4-12(16)8-11/h2-8H,9,16H2,1H3. The van der Waals surface area contributed by atoms with Gasteiger partial charge >= 0.3 is 5.76 Å². The molecule has 3 rings (SSSR count). The highest BCUT2D eigenvalue weighted by atomic mass is 16.4. The van der Waals surface area contributed by atoms with Crippen LogP contribution in [0.4, 0.5) is 5.69 Å². The Morgan fingerprint density at radius 2 is 2.05 bits per heavy atom. The Morgan fingerprint density at radius 1 is 1.21 bits per heavy atom. The van der Waals surface area contributed by atoms with Crippen LogP contribution in [0.1, 0.15) is 11.1 Å². The van der Waals surface area contributed by atoms with Crippen molar-refractivity contribution in [3.05, 3.63) is 64.1 Å². The maximum absolute atomic E-state index is 11.9. The van der Waals surface area contributed by atoms with Gasteiger partial charge in [0.25, 0.3) is 0 Å². The van der Waals surface area contributed by atoms with Gasteiger partial charge in [-0.2, -0.15) is 0 Å². The molecule has 0 atom stereocenters. The predicted molar refractivity (Wildman–Crippen MR) is 75.2 cm³/mol. The highest BCUT2D eigenvalue weighted by molar-refractivity contribution is 5.73. The van der Waals surface area contributed by atoms with Gasteiger partial charge in [-0.15, -0.1) is 0 Å². The lowest BCUT2D eigenvalue weighted by atomic mass is 10.2. The number of nitrogen functional groups attached to an aromatic ring is 1. The first kappa shape index (κ1) is 11.6. The number of aromatic nitrogens is 1. The molecule has 4 heteroatoms. The van der Waals surface area contributed by atoms with Crippen molar-refractivity contribution >= 4 is 16.8 Å². The molecule has 0 fully saturated rings. The second-order valence-electron chi connectivity index (χ2n) is 4.67. The Hall–Kier alpha value is -2.49. The number of hydrogen-bond donors (Lipinski definition) is 1. The van der Waals surface area contributed by atoms with E-state index in [0.717, 1.165) is 16.6 Å². The zero-order valence-electron chi connectivity index (χ0n) is 10.6. The van der Waals surface area contributed by atoms with Gasteiger partial charge in [0.15, 0.2) is 5.58 Å². The summed E-state index contributed by atoms with van der Waals surface area (Å²) in [6.07, 6.45) is 0. The van der Waals surface area contributed by atoms with E-state index in [0.29, 0.717) is 17.8 Å². The van der Waals surface area contributed by atoms with Crippen LogP contribution in [0.15, 0.2) is 51.7 Å². The zero-order valence-corrected chi connectivity index (χ0v) is 10.6. The third-order valence-electron chi connectivity index (χ3n) is 3.11. The minimum Gasteiger partial charge on any atom is -0.408 e. The number of benzene rings is 2. The lowest BCUT2D eigenvalue weighted by molar-refractivity contribution is 0.518. The van der Waals surface area contributed by atoms with Gasteiger partial charge in [0.2, 0.25) is 0 Å². The van der Waals surface area contributed by atoms with Crippen molar-refractivity contribution in [1.82, 2.24) is 4.57 Å². The lowest BCUT2D eigenvalue weighted by Crippen LogP contribution is -2.14. The maximum atomic E-state index is 11.9. The van der Waals surface area contributed by atoms with Gasteiger partial charge in [-0.3, -0.25) is 4.57 Å². The van der Waals surface area contributed by atoms with Crippen LogP contribution in [0.3, 0.4) is 0 Å². The number of anilines is 1. The fourth-order valence-corrected chi connectivity index (χ4v) is 2.20. The third-order valence-corrected chi connectivity index (χ3v) is 3.11. The summed E-state index contributed by atoms with van der Waals surface area (Å²) in [5, 5.41) is 0. The average molecular weight is 254 g/mol. The van der Waals surface area contributed by atoms with E-state index in [-0.39, 0.29) is 5.76 Å². The largest absolute Gasteiger partial charge is 0.420 e. The first-order valence-electron chi connectivity index (χ1n) is 6.08. The summed E-state index contributed by atoms with van der Waals surface area (Å²) < 4.78 is 6.85. The number of aryl methyl sites for hydroxylation is 1. The topological polar surface area (TPSA) is 61.2 Å². The predicted octanol–water partition coefficient (Wildman–Crippen LogP) is 2.53. The van der Waals surface area contributed by atoms with E-state index in [1.807, 2.05) is 49.4 Å². The molecule has 2 aromatic carbocycles. The Labute approximate surface area is 110 Å². The van der Waals surface area contributed by atoms with E-state index < -0.39 is 0 Å². The Morgan fingerprint density at radius 3 is 2.84 bits per heavy atom. The van der Waals surface area contributed by atoms with Crippen molar-refractivity contribution in [2.45, 2.75) is 13.5 Å². The van der Waals surface area contributed by atoms with Crippen LogP contribution >= 0.6 is 0 Å². The van der Waals surface area contributed by atoms with Crippen molar-refractivity contribution < 1.29 is 4.42 Å². The van der Waals surface area contributed by atoms with Gasteiger partial charge < -0.3 is 10.2 Å². The molecule has 0 saturated heterocycles. The molecule has 1 aromatic heterocycles. The molecule has 4 nitrogen and oxygen atoms in total. The first-order valence-corrected chi connectivity index (χ1v) is 6.08. The summed E-state index contributed by atoms with van der Waals surface area (Å²) in [5.74, 6) is -0.344. The smallest absolute Gasteiger partial charge is 0.408 e. The van der Waals surface area contributed by atoms with Crippen LogP contribution in [0.5, 0.6) is 0 Å². The van der Waals surface area contributed by atoms with Gasteiger partial charge in [-0.1, -0.05) is 18.2 Å². The maximum Gasteiger partial charge on any atom is 0.420 e. The molecular formula is C15H14N2O2. The molecule has 0 aliphatic heterocycles. The molecule has 0 aliphatic rings. The van der Waals surface area contributed by atoms with E-state index in [4.69, 9.17) is 10.2 Å². The van der Waals surface area contributed by atoms with Gasteiger partial charge in [-0.05, 0) is 42.3 Å². The monoisotopic (exact) mass is 254 g/mol. The van der Waals surface area contributed by atoms with Crippen LogP contribution in [-0.4, -0.2) is 4.57 Å². The van der Waals surface area contributed by atoms with Gasteiger partial charge in [0.1, 0.15) is 0 Å². The van der Waals surface area contributed by atoms with Crippen LogP contribution < -0.4 is 11.5 Å². The normalized spacial score (nSPS) is 11.0. The van der Waals surface area contributed by atoms with E-state index >= 15 is 0 Å². The van der Waals surface area contributed by atoms with Crippen LogP contribution in [0, 0.1) is 6.92 Å². The summed E-state index contributed by atoms with van der Waals surface area (Å²) in [6.45, 7) is 2.45. The van der Waals surface area contributed by atoms with E-state index in [1.165, 1.54) is 0 Å². The molecular weight excluding hydrogens is 240 g/mol. The highest BCUT2D eigenvalue weighted by Crippen LogP contribution is 2.16. The summed E-state index contributed by atoms with van der Waals surface area (Å²) in [5.41, 5.74) is 9.93. The first-order chi connectivity index (χ1) is 9.13. The molecule has 0 spiro atoms. The Bertz CT molecular complexity index is 799. The molecule has 1 heterocycles. The van der Waals surface area contributed by atoms with Crippen molar-refractivity contribution in [1.29, 1.82) is 0 Å². The van der Waals surface area contributed by atoms with Crippen molar-refractivity contribution in [3.63, 3.8) is 0 Å². The van der Waals surface area contributed by atoms with Crippen molar-refractivity contribution in [2.24, 2.45) is 0 Å². The molecule has 2 N–H and O–H groups in total. The fraction of sp³-hybridized carbons (Fsp3) is 0.133. The second kappa shape index (κ2) is 4.31. The van der Waals surface area contributed by atoms with Crippen LogP contribution in [0.2, 0.25) is 0 Å². The van der Waals surface area contributed by atoms with E-state index in [9.17, 15) is 4.79 Å². The molecule has 0 unspecified atom stereocenters. The summed E-state index contributed by atoms with van der Waals surface area (Å²) >= 11 is 0. The SMILES string of the molecule is Cc1ccc2oc(=O)n(Cc3cccc(N)c3)c2c1. The number of nitrogens with two attached hydrogens (primary N) is 1. The van der Waals surface area contributed by atoms with Gasteiger partial charge in [0.05, 0.1) is 12.1 Å².